The number of fused-ring (bicyclic) bond motifs is 2. The van der Waals surface area contributed by atoms with Gasteiger partial charge in [-0.05, 0) is 25.7 Å². The van der Waals surface area contributed by atoms with Gasteiger partial charge in [0, 0.05) is 23.5 Å². The molecule has 0 aromatic carbocycles. The fourth-order valence-electron chi connectivity index (χ4n) is 2.65. The zero-order chi connectivity index (χ0) is 8.55. The molecule has 2 heterocycles. The van der Waals surface area contributed by atoms with Crippen LogP contribution in [-0.4, -0.2) is 28.4 Å². The first-order valence-electron chi connectivity index (χ1n) is 4.82. The van der Waals surface area contributed by atoms with E-state index in [1.165, 1.54) is 25.7 Å². The number of hydrogen-bond acceptors (Lipinski definition) is 1. The number of piperidine rings is 1. The minimum Gasteiger partial charge on any atom is -0.294 e. The molecule has 2 heteroatoms. The Hall–Kier alpha value is 0.180. The van der Waals surface area contributed by atoms with Crippen LogP contribution in [0.25, 0.3) is 0 Å². The van der Waals surface area contributed by atoms with Gasteiger partial charge in [0.05, 0.1) is 0 Å². The molecule has 2 aliphatic heterocycles. The normalized spacial score (nSPS) is 41.6. The van der Waals surface area contributed by atoms with Crippen LogP contribution in [0.5, 0.6) is 0 Å². The van der Waals surface area contributed by atoms with Crippen molar-refractivity contribution < 1.29 is 0 Å². The topological polar surface area (TPSA) is 3.24 Å². The summed E-state index contributed by atoms with van der Waals surface area (Å²) < 4.78 is 0. The van der Waals surface area contributed by atoms with Gasteiger partial charge in [0.1, 0.15) is 0 Å². The Bertz CT molecular complexity index is 167. The average Bonchev–Trinajstić information content (AvgIpc) is 2.32. The van der Waals surface area contributed by atoms with E-state index in [-0.39, 0.29) is 0 Å². The molecule has 0 spiro atoms. The molecule has 68 valence electrons. The van der Waals surface area contributed by atoms with Gasteiger partial charge in [-0.15, -0.1) is 6.58 Å². The summed E-state index contributed by atoms with van der Waals surface area (Å²) in [5, 5.41) is 0. The fourth-order valence-corrected chi connectivity index (χ4v) is 3.52. The Kier molecular flexibility index (Phi) is 2.56. The van der Waals surface area contributed by atoms with Gasteiger partial charge in [-0.25, -0.2) is 0 Å². The van der Waals surface area contributed by atoms with Crippen molar-refractivity contribution in [3.8, 4) is 0 Å². The second kappa shape index (κ2) is 3.51. The summed E-state index contributed by atoms with van der Waals surface area (Å²) in [6.07, 6.45) is 7.52. The molecule has 2 atom stereocenters. The van der Waals surface area contributed by atoms with Crippen molar-refractivity contribution in [2.75, 3.05) is 6.54 Å². The summed E-state index contributed by atoms with van der Waals surface area (Å²) in [7, 11) is 0. The molecule has 2 unspecified atom stereocenters. The highest BCUT2D eigenvalue weighted by Gasteiger charge is 2.38. The molecule has 0 aromatic heterocycles. The standard InChI is InChI=1S/C10H16BrN/c1-2-5-12-9-3-4-10(12)7-8(11)6-9/h2,8-10H,1,3-7H2. The maximum absolute atomic E-state index is 3.82. The van der Waals surface area contributed by atoms with Crippen LogP contribution >= 0.6 is 15.9 Å². The van der Waals surface area contributed by atoms with Crippen LogP contribution in [0.4, 0.5) is 0 Å². The lowest BCUT2D eigenvalue weighted by Gasteiger charge is -2.36. The number of halogens is 1. The average molecular weight is 230 g/mol. The van der Waals surface area contributed by atoms with Gasteiger partial charge in [0.15, 0.2) is 0 Å². The summed E-state index contributed by atoms with van der Waals surface area (Å²) in [5.74, 6) is 0. The highest BCUT2D eigenvalue weighted by Crippen LogP contribution is 2.37. The van der Waals surface area contributed by atoms with E-state index in [9.17, 15) is 0 Å². The monoisotopic (exact) mass is 229 g/mol. The van der Waals surface area contributed by atoms with Crippen molar-refractivity contribution in [3.63, 3.8) is 0 Å². The molecule has 2 bridgehead atoms. The third kappa shape index (κ3) is 1.47. The quantitative estimate of drug-likeness (QED) is 0.520. The molecule has 0 aromatic rings. The van der Waals surface area contributed by atoms with Crippen molar-refractivity contribution in [1.82, 2.24) is 4.90 Å². The third-order valence-corrected chi connectivity index (χ3v) is 3.91. The molecular weight excluding hydrogens is 214 g/mol. The molecule has 0 saturated carbocycles. The Morgan fingerprint density at radius 2 is 1.92 bits per heavy atom. The van der Waals surface area contributed by atoms with Crippen molar-refractivity contribution >= 4 is 15.9 Å². The van der Waals surface area contributed by atoms with Gasteiger partial charge >= 0.3 is 0 Å². The smallest absolute Gasteiger partial charge is 0.0175 e. The van der Waals surface area contributed by atoms with Gasteiger partial charge in [-0.2, -0.15) is 0 Å². The summed E-state index contributed by atoms with van der Waals surface area (Å²) >= 11 is 3.74. The lowest BCUT2D eigenvalue weighted by Crippen LogP contribution is -2.43. The number of alkyl halides is 1. The largest absolute Gasteiger partial charge is 0.294 e. The second-order valence-electron chi connectivity index (χ2n) is 3.94. The van der Waals surface area contributed by atoms with Crippen LogP contribution in [0, 0.1) is 0 Å². The van der Waals surface area contributed by atoms with Crippen LogP contribution < -0.4 is 0 Å². The van der Waals surface area contributed by atoms with E-state index >= 15 is 0 Å². The summed E-state index contributed by atoms with van der Waals surface area (Å²) in [4.78, 5) is 3.40. The van der Waals surface area contributed by atoms with E-state index in [4.69, 9.17) is 0 Å². The van der Waals surface area contributed by atoms with E-state index in [0.717, 1.165) is 23.5 Å². The zero-order valence-electron chi connectivity index (χ0n) is 7.38. The maximum Gasteiger partial charge on any atom is 0.0175 e. The zero-order valence-corrected chi connectivity index (χ0v) is 8.96. The number of rotatable bonds is 2. The lowest BCUT2D eigenvalue weighted by molar-refractivity contribution is 0.163. The number of nitrogens with zero attached hydrogens (tertiary/aromatic N) is 1. The summed E-state index contributed by atoms with van der Waals surface area (Å²) in [6, 6.07) is 1.68. The Morgan fingerprint density at radius 3 is 2.42 bits per heavy atom. The summed E-state index contributed by atoms with van der Waals surface area (Å²) in [5.41, 5.74) is 0. The number of hydrogen-bond donors (Lipinski definition) is 0. The first-order chi connectivity index (χ1) is 5.81. The second-order valence-corrected chi connectivity index (χ2v) is 5.23. The van der Waals surface area contributed by atoms with E-state index in [1.807, 2.05) is 6.08 Å². The highest BCUT2D eigenvalue weighted by molar-refractivity contribution is 9.09. The van der Waals surface area contributed by atoms with E-state index in [1.54, 1.807) is 0 Å². The molecule has 0 amide bonds. The van der Waals surface area contributed by atoms with Gasteiger partial charge in [0.25, 0.3) is 0 Å². The maximum atomic E-state index is 3.82. The van der Waals surface area contributed by atoms with Crippen molar-refractivity contribution in [2.24, 2.45) is 0 Å². The molecule has 0 radical (unpaired) electrons. The fraction of sp³-hybridized carbons (Fsp3) is 0.800. The first-order valence-corrected chi connectivity index (χ1v) is 5.73. The molecule has 0 aliphatic carbocycles. The van der Waals surface area contributed by atoms with Gasteiger partial charge in [0.2, 0.25) is 0 Å². The van der Waals surface area contributed by atoms with Gasteiger partial charge in [-0.1, -0.05) is 22.0 Å². The van der Waals surface area contributed by atoms with Gasteiger partial charge in [-0.3, -0.25) is 4.90 Å². The molecular formula is C10H16BrN. The first kappa shape index (κ1) is 8.76. The molecule has 2 rings (SSSR count). The molecule has 0 N–H and O–H groups in total. The summed E-state index contributed by atoms with van der Waals surface area (Å²) in [6.45, 7) is 4.91. The molecule has 2 fully saturated rings. The van der Waals surface area contributed by atoms with Gasteiger partial charge < -0.3 is 0 Å². The SMILES string of the molecule is C=CCN1C2CCC1CC(Br)C2. The van der Waals surface area contributed by atoms with Crippen LogP contribution in [0.3, 0.4) is 0 Å². The Labute approximate surface area is 82.9 Å². The van der Waals surface area contributed by atoms with Crippen LogP contribution in [0.1, 0.15) is 25.7 Å². The Balaban J connectivity index is 2.03. The Morgan fingerprint density at radius 1 is 1.33 bits per heavy atom. The highest BCUT2D eigenvalue weighted by atomic mass is 79.9. The van der Waals surface area contributed by atoms with E-state index < -0.39 is 0 Å². The predicted molar refractivity (Wildman–Crippen MR) is 55.7 cm³/mol. The minimum atomic E-state index is 0.774. The van der Waals surface area contributed by atoms with Crippen LogP contribution in [0.15, 0.2) is 12.7 Å². The molecule has 2 aliphatic rings. The lowest BCUT2D eigenvalue weighted by atomic mass is 10.0. The third-order valence-electron chi connectivity index (χ3n) is 3.17. The van der Waals surface area contributed by atoms with E-state index in [0.29, 0.717) is 0 Å². The van der Waals surface area contributed by atoms with E-state index in [2.05, 4.69) is 27.4 Å². The molecule has 2 saturated heterocycles. The minimum absolute atomic E-state index is 0.774. The van der Waals surface area contributed by atoms with Crippen molar-refractivity contribution in [2.45, 2.75) is 42.6 Å². The molecule has 12 heavy (non-hydrogen) atoms. The van der Waals surface area contributed by atoms with Crippen LogP contribution in [0.2, 0.25) is 0 Å². The predicted octanol–water partition coefficient (Wildman–Crippen LogP) is 2.56. The van der Waals surface area contributed by atoms with Crippen molar-refractivity contribution in [3.05, 3.63) is 12.7 Å². The van der Waals surface area contributed by atoms with Crippen LogP contribution in [-0.2, 0) is 0 Å². The molecule has 1 nitrogen and oxygen atoms in total. The van der Waals surface area contributed by atoms with Crippen molar-refractivity contribution in [1.29, 1.82) is 0 Å².